The van der Waals surface area contributed by atoms with Crippen LogP contribution in [-0.4, -0.2) is 26.6 Å². The Kier molecular flexibility index (Phi) is 6.68. The number of imidazole rings is 1. The highest BCUT2D eigenvalue weighted by Gasteiger charge is 2.32. The number of benzene rings is 1. The quantitative estimate of drug-likeness (QED) is 0.305. The van der Waals surface area contributed by atoms with E-state index in [9.17, 15) is 13.2 Å². The van der Waals surface area contributed by atoms with Crippen LogP contribution in [0.2, 0.25) is 15.1 Å². The Morgan fingerprint density at radius 2 is 1.68 bits per heavy atom. The molecule has 4 rings (SSSR count). The second-order valence-electron chi connectivity index (χ2n) is 5.82. The first-order valence-electron chi connectivity index (χ1n) is 8.80. The fourth-order valence-corrected chi connectivity index (χ4v) is 3.34. The summed E-state index contributed by atoms with van der Waals surface area (Å²) in [7, 11) is 1.45. The van der Waals surface area contributed by atoms with Crippen LogP contribution in [0.3, 0.4) is 0 Å². The summed E-state index contributed by atoms with van der Waals surface area (Å²) in [6.45, 7) is 4.00. The minimum absolute atomic E-state index is 0.0312. The van der Waals surface area contributed by atoms with Gasteiger partial charge in [0.1, 0.15) is 11.4 Å². The molecule has 0 radical (unpaired) electrons. The monoisotopic (exact) mass is 492 g/mol. The summed E-state index contributed by atoms with van der Waals surface area (Å²) in [5.41, 5.74) is -0.279. The lowest BCUT2D eigenvalue weighted by Crippen LogP contribution is -2.06. The molecule has 12 heteroatoms. The minimum Gasteiger partial charge on any atom is -0.495 e. The van der Waals surface area contributed by atoms with E-state index in [1.807, 2.05) is 13.8 Å². The van der Waals surface area contributed by atoms with Crippen molar-refractivity contribution in [2.75, 3.05) is 7.11 Å². The molecular weight excluding hydrogens is 480 g/mol. The molecule has 0 unspecified atom stereocenters. The van der Waals surface area contributed by atoms with E-state index in [1.165, 1.54) is 25.4 Å². The summed E-state index contributed by atoms with van der Waals surface area (Å²) < 4.78 is 50.3. The summed E-state index contributed by atoms with van der Waals surface area (Å²) in [5, 5.41) is 4.23. The van der Waals surface area contributed by atoms with Gasteiger partial charge in [0.2, 0.25) is 5.82 Å². The molecule has 6 nitrogen and oxygen atoms in total. The maximum atomic E-state index is 13.0. The first-order valence-corrected chi connectivity index (χ1v) is 9.93. The van der Waals surface area contributed by atoms with Crippen molar-refractivity contribution in [3.05, 3.63) is 51.2 Å². The first-order chi connectivity index (χ1) is 14.7. The van der Waals surface area contributed by atoms with Crippen molar-refractivity contribution in [3.8, 4) is 28.7 Å². The Morgan fingerprint density at radius 1 is 0.968 bits per heavy atom. The largest absolute Gasteiger partial charge is 0.495 e. The molecule has 1 aromatic carbocycles. The summed E-state index contributed by atoms with van der Waals surface area (Å²) in [5.74, 6) is 0.463. The van der Waals surface area contributed by atoms with Crippen LogP contribution in [-0.2, 0) is 6.18 Å². The number of fused-ring (bicyclic) bond motifs is 1. The molecule has 31 heavy (non-hydrogen) atoms. The van der Waals surface area contributed by atoms with E-state index in [-0.39, 0.29) is 38.1 Å². The van der Waals surface area contributed by atoms with E-state index in [2.05, 4.69) is 15.1 Å². The van der Waals surface area contributed by atoms with Gasteiger partial charge >= 0.3 is 6.18 Å². The van der Waals surface area contributed by atoms with E-state index in [1.54, 1.807) is 0 Å². The molecule has 0 aliphatic rings. The zero-order chi connectivity index (χ0) is 22.9. The van der Waals surface area contributed by atoms with Gasteiger partial charge in [0.05, 0.1) is 27.7 Å². The fraction of sp³-hybridized carbons (Fsp3) is 0.211. The molecule has 0 bridgehead atoms. The molecule has 0 N–H and O–H groups in total. The van der Waals surface area contributed by atoms with Crippen LogP contribution < -0.4 is 4.74 Å². The topological polar surface area (TPSA) is 65.5 Å². The molecule has 3 heterocycles. The van der Waals surface area contributed by atoms with Gasteiger partial charge in [0.25, 0.3) is 5.89 Å². The Hall–Kier alpha value is -2.49. The van der Waals surface area contributed by atoms with Gasteiger partial charge in [-0.1, -0.05) is 53.8 Å². The van der Waals surface area contributed by atoms with E-state index >= 15 is 0 Å². The Bertz CT molecular complexity index is 1240. The van der Waals surface area contributed by atoms with Gasteiger partial charge in [0, 0.05) is 24.0 Å². The van der Waals surface area contributed by atoms with Crippen molar-refractivity contribution in [1.29, 1.82) is 0 Å². The van der Waals surface area contributed by atoms with Crippen molar-refractivity contribution >= 4 is 40.4 Å². The third-order valence-electron chi connectivity index (χ3n) is 3.96. The van der Waals surface area contributed by atoms with Crippen molar-refractivity contribution in [3.63, 3.8) is 0 Å². The van der Waals surface area contributed by atoms with Gasteiger partial charge in [-0.3, -0.25) is 0 Å². The van der Waals surface area contributed by atoms with E-state index in [0.717, 1.165) is 16.7 Å². The number of methoxy groups -OCH3 is 1. The molecule has 4 aromatic rings. The van der Waals surface area contributed by atoms with Gasteiger partial charge in [-0.15, -0.1) is 0 Å². The molecule has 0 fully saturated rings. The van der Waals surface area contributed by atoms with Crippen LogP contribution in [0, 0.1) is 0 Å². The zero-order valence-electron chi connectivity index (χ0n) is 16.3. The number of pyridine rings is 1. The van der Waals surface area contributed by atoms with Crippen molar-refractivity contribution in [2.24, 2.45) is 0 Å². The smallest absolute Gasteiger partial charge is 0.417 e. The highest BCUT2D eigenvalue weighted by molar-refractivity contribution is 6.36. The summed E-state index contributed by atoms with van der Waals surface area (Å²) >= 11 is 18.3. The van der Waals surface area contributed by atoms with Gasteiger partial charge in [-0.25, -0.2) is 4.98 Å². The molecule has 3 aromatic heterocycles. The Morgan fingerprint density at radius 3 is 2.32 bits per heavy atom. The van der Waals surface area contributed by atoms with Crippen molar-refractivity contribution < 1.29 is 22.4 Å². The average molecular weight is 494 g/mol. The highest BCUT2D eigenvalue weighted by atomic mass is 35.5. The number of hydrogen-bond acceptors (Lipinski definition) is 5. The maximum absolute atomic E-state index is 13.0. The number of alkyl halides is 3. The van der Waals surface area contributed by atoms with Crippen LogP contribution >= 0.6 is 34.8 Å². The average Bonchev–Trinajstić information content (AvgIpc) is 3.37. The molecule has 0 aliphatic carbocycles. The van der Waals surface area contributed by atoms with Crippen LogP contribution in [0.5, 0.6) is 5.75 Å². The standard InChI is InChI=1S/C17H8Cl3F3N4O2.C2H6/c1-28-13-4-9(18)8(3-10(13)19)14-25-16(29-26-14)12-6-27-5-7(17(21,22)23)2-11(20)15(27)24-12;1-2/h2-6H,1H3;1-2H3. The Labute approximate surface area is 189 Å². The third kappa shape index (κ3) is 4.58. The van der Waals surface area contributed by atoms with E-state index < -0.39 is 11.7 Å². The van der Waals surface area contributed by atoms with Crippen LogP contribution in [0.15, 0.2) is 35.1 Å². The molecule has 0 spiro atoms. The molecule has 0 aliphatic heterocycles. The van der Waals surface area contributed by atoms with Gasteiger partial charge < -0.3 is 13.7 Å². The number of nitrogens with zero attached hydrogens (tertiary/aromatic N) is 4. The molecule has 0 amide bonds. The highest BCUT2D eigenvalue weighted by Crippen LogP contribution is 2.37. The molecule has 0 saturated heterocycles. The SMILES string of the molecule is CC.COc1cc(Cl)c(-c2noc(-c3cn4cc(C(F)(F)F)cc(Cl)c4n3)n2)cc1Cl. The number of aromatic nitrogens is 4. The Balaban J connectivity index is 0.00000132. The van der Waals surface area contributed by atoms with Gasteiger partial charge in [-0.2, -0.15) is 18.2 Å². The maximum Gasteiger partial charge on any atom is 0.417 e. The second-order valence-corrected chi connectivity index (χ2v) is 7.04. The predicted octanol–water partition coefficient (Wildman–Crippen LogP) is 7.07. The number of hydrogen-bond donors (Lipinski definition) is 0. The minimum atomic E-state index is -4.55. The van der Waals surface area contributed by atoms with E-state index in [4.69, 9.17) is 44.1 Å². The van der Waals surface area contributed by atoms with E-state index in [0.29, 0.717) is 11.3 Å². The number of halogens is 6. The molecule has 164 valence electrons. The lowest BCUT2D eigenvalue weighted by molar-refractivity contribution is -0.137. The fourth-order valence-electron chi connectivity index (χ4n) is 2.61. The van der Waals surface area contributed by atoms with Crippen molar-refractivity contribution in [1.82, 2.24) is 19.5 Å². The van der Waals surface area contributed by atoms with Crippen molar-refractivity contribution in [2.45, 2.75) is 20.0 Å². The molecule has 0 saturated carbocycles. The summed E-state index contributed by atoms with van der Waals surface area (Å²) in [6, 6.07) is 3.80. The number of ether oxygens (including phenoxy) is 1. The lowest BCUT2D eigenvalue weighted by Gasteiger charge is -2.07. The predicted molar refractivity (Wildman–Crippen MR) is 112 cm³/mol. The second kappa shape index (κ2) is 8.94. The van der Waals surface area contributed by atoms with Gasteiger partial charge in [0.15, 0.2) is 5.65 Å². The molecular formula is C19H14Cl3F3N4O2. The van der Waals surface area contributed by atoms with Crippen LogP contribution in [0.1, 0.15) is 19.4 Å². The third-order valence-corrected chi connectivity index (χ3v) is 4.85. The van der Waals surface area contributed by atoms with Crippen LogP contribution in [0.4, 0.5) is 13.2 Å². The first kappa shape index (κ1) is 23.2. The lowest BCUT2D eigenvalue weighted by atomic mass is 10.2. The summed E-state index contributed by atoms with van der Waals surface area (Å²) in [4.78, 5) is 8.37. The number of rotatable bonds is 3. The summed E-state index contributed by atoms with van der Waals surface area (Å²) in [6.07, 6.45) is -2.38. The van der Waals surface area contributed by atoms with Crippen LogP contribution in [0.25, 0.3) is 28.6 Å². The van der Waals surface area contributed by atoms with Gasteiger partial charge in [-0.05, 0) is 12.1 Å². The molecule has 0 atom stereocenters. The zero-order valence-corrected chi connectivity index (χ0v) is 18.5. The normalized spacial score (nSPS) is 11.4.